The second-order valence-electron chi connectivity index (χ2n) is 5.65. The van der Waals surface area contributed by atoms with Gasteiger partial charge in [-0.05, 0) is 49.5 Å². The molecule has 1 N–H and O–H groups in total. The third-order valence-electron chi connectivity index (χ3n) is 4.41. The second kappa shape index (κ2) is 4.82. The molecule has 1 atom stereocenters. The molecule has 1 unspecified atom stereocenters. The fourth-order valence-electron chi connectivity index (χ4n) is 2.95. The third-order valence-corrected chi connectivity index (χ3v) is 4.90. The van der Waals surface area contributed by atoms with Gasteiger partial charge in [0, 0.05) is 16.7 Å². The van der Waals surface area contributed by atoms with Crippen molar-refractivity contribution in [3.05, 3.63) is 22.8 Å². The molecule has 2 aliphatic carbocycles. The lowest BCUT2D eigenvalue weighted by atomic mass is 9.80. The van der Waals surface area contributed by atoms with Gasteiger partial charge in [-0.3, -0.25) is 0 Å². The maximum atomic E-state index is 9.62. The van der Waals surface area contributed by atoms with Crippen LogP contribution in [0.5, 0.6) is 5.88 Å². The number of pyridine rings is 1. The van der Waals surface area contributed by atoms with E-state index in [1.807, 2.05) is 12.1 Å². The number of hydrogen-bond donors (Lipinski definition) is 1. The highest BCUT2D eigenvalue weighted by Gasteiger charge is 2.54. The number of aromatic nitrogens is 1. The van der Waals surface area contributed by atoms with Crippen molar-refractivity contribution in [2.45, 2.75) is 38.2 Å². The molecule has 1 aromatic rings. The van der Waals surface area contributed by atoms with Gasteiger partial charge in [0.05, 0.1) is 12.7 Å². The Labute approximate surface area is 116 Å². The zero-order valence-corrected chi connectivity index (χ0v) is 11.9. The van der Waals surface area contributed by atoms with Gasteiger partial charge in [0.1, 0.15) is 0 Å². The molecule has 3 rings (SSSR count). The summed E-state index contributed by atoms with van der Waals surface area (Å²) < 4.78 is 6.73. The SMILES string of the molecule is OC1CC12CCC(COc1cc(Br)ccn1)CC2. The minimum atomic E-state index is -0.0221. The molecule has 1 heterocycles. The number of ether oxygens (including phenoxy) is 1. The third kappa shape index (κ3) is 2.54. The van der Waals surface area contributed by atoms with E-state index in [4.69, 9.17) is 4.74 Å². The highest BCUT2D eigenvalue weighted by molar-refractivity contribution is 9.10. The number of halogens is 1. The molecule has 0 aliphatic heterocycles. The number of hydrogen-bond acceptors (Lipinski definition) is 3. The minimum absolute atomic E-state index is 0.0221. The van der Waals surface area contributed by atoms with Crippen molar-refractivity contribution in [1.29, 1.82) is 0 Å². The number of nitrogens with zero attached hydrogens (tertiary/aromatic N) is 1. The van der Waals surface area contributed by atoms with Crippen molar-refractivity contribution in [3.8, 4) is 5.88 Å². The minimum Gasteiger partial charge on any atom is -0.477 e. The molecule has 18 heavy (non-hydrogen) atoms. The average molecular weight is 312 g/mol. The van der Waals surface area contributed by atoms with E-state index in [9.17, 15) is 5.11 Å². The van der Waals surface area contributed by atoms with Crippen molar-refractivity contribution < 1.29 is 9.84 Å². The summed E-state index contributed by atoms with van der Waals surface area (Å²) in [6.07, 6.45) is 7.41. The number of aliphatic hydroxyl groups is 1. The van der Waals surface area contributed by atoms with Crippen LogP contribution in [-0.4, -0.2) is 22.8 Å². The predicted octanol–water partition coefficient (Wildman–Crippen LogP) is 3.16. The predicted molar refractivity (Wildman–Crippen MR) is 72.4 cm³/mol. The zero-order valence-electron chi connectivity index (χ0n) is 10.3. The van der Waals surface area contributed by atoms with Crippen molar-refractivity contribution in [1.82, 2.24) is 4.98 Å². The van der Waals surface area contributed by atoms with Gasteiger partial charge in [-0.25, -0.2) is 4.98 Å². The van der Waals surface area contributed by atoms with Crippen LogP contribution in [0.3, 0.4) is 0 Å². The van der Waals surface area contributed by atoms with Crippen LogP contribution in [0.4, 0.5) is 0 Å². The molecule has 2 aliphatic rings. The summed E-state index contributed by atoms with van der Waals surface area (Å²) in [6, 6.07) is 3.79. The largest absolute Gasteiger partial charge is 0.477 e. The Kier molecular flexibility index (Phi) is 3.32. The highest BCUT2D eigenvalue weighted by atomic mass is 79.9. The van der Waals surface area contributed by atoms with Gasteiger partial charge in [-0.1, -0.05) is 15.9 Å². The van der Waals surface area contributed by atoms with Gasteiger partial charge in [0.2, 0.25) is 5.88 Å². The average Bonchev–Trinajstić information content (AvgIpc) is 2.99. The summed E-state index contributed by atoms with van der Waals surface area (Å²) in [7, 11) is 0. The maximum absolute atomic E-state index is 9.62. The molecule has 0 amide bonds. The summed E-state index contributed by atoms with van der Waals surface area (Å²) in [5.74, 6) is 1.31. The second-order valence-corrected chi connectivity index (χ2v) is 6.56. The van der Waals surface area contributed by atoms with Crippen LogP contribution < -0.4 is 4.74 Å². The fourth-order valence-corrected chi connectivity index (χ4v) is 3.26. The lowest BCUT2D eigenvalue weighted by Crippen LogP contribution is -2.22. The normalized spacial score (nSPS) is 34.6. The Morgan fingerprint density at radius 3 is 2.78 bits per heavy atom. The first-order chi connectivity index (χ1) is 8.68. The van der Waals surface area contributed by atoms with E-state index in [0.29, 0.717) is 17.2 Å². The number of rotatable bonds is 3. The van der Waals surface area contributed by atoms with E-state index < -0.39 is 0 Å². The van der Waals surface area contributed by atoms with Gasteiger partial charge >= 0.3 is 0 Å². The molecule has 2 saturated carbocycles. The van der Waals surface area contributed by atoms with Gasteiger partial charge in [0.25, 0.3) is 0 Å². The smallest absolute Gasteiger partial charge is 0.214 e. The Hall–Kier alpha value is -0.610. The van der Waals surface area contributed by atoms with E-state index in [1.54, 1.807) is 6.20 Å². The Balaban J connectivity index is 1.47. The van der Waals surface area contributed by atoms with Crippen LogP contribution in [0.2, 0.25) is 0 Å². The van der Waals surface area contributed by atoms with Crippen molar-refractivity contribution >= 4 is 15.9 Å². The first-order valence-corrected chi connectivity index (χ1v) is 7.40. The molecule has 1 spiro atoms. The molecule has 1 aromatic heterocycles. The van der Waals surface area contributed by atoms with Crippen LogP contribution in [0.25, 0.3) is 0 Å². The van der Waals surface area contributed by atoms with Crippen LogP contribution >= 0.6 is 15.9 Å². The quantitative estimate of drug-likeness (QED) is 0.932. The van der Waals surface area contributed by atoms with E-state index >= 15 is 0 Å². The Bertz CT molecular complexity index is 430. The summed E-state index contributed by atoms with van der Waals surface area (Å²) in [6.45, 7) is 0.746. The van der Waals surface area contributed by atoms with Crippen molar-refractivity contribution in [3.63, 3.8) is 0 Å². The standard InChI is InChI=1S/C14H18BrNO2/c15-11-3-6-16-13(7-11)18-9-10-1-4-14(5-2-10)8-12(14)17/h3,6-7,10,12,17H,1-2,4-5,8-9H2. The molecule has 0 aromatic carbocycles. The maximum Gasteiger partial charge on any atom is 0.214 e. The summed E-state index contributed by atoms with van der Waals surface area (Å²) in [5.41, 5.74) is 0.296. The van der Waals surface area contributed by atoms with Crippen molar-refractivity contribution in [2.24, 2.45) is 11.3 Å². The molecule has 0 bridgehead atoms. The van der Waals surface area contributed by atoms with Gasteiger partial charge < -0.3 is 9.84 Å². The molecule has 0 radical (unpaired) electrons. The summed E-state index contributed by atoms with van der Waals surface area (Å²) >= 11 is 3.41. The van der Waals surface area contributed by atoms with Crippen LogP contribution in [0.1, 0.15) is 32.1 Å². The highest BCUT2D eigenvalue weighted by Crippen LogP contribution is 2.57. The van der Waals surface area contributed by atoms with Crippen LogP contribution in [0.15, 0.2) is 22.8 Å². The van der Waals surface area contributed by atoms with Gasteiger partial charge in [-0.2, -0.15) is 0 Å². The van der Waals surface area contributed by atoms with Crippen LogP contribution in [0, 0.1) is 11.3 Å². The van der Waals surface area contributed by atoms with Gasteiger partial charge in [0.15, 0.2) is 0 Å². The monoisotopic (exact) mass is 311 g/mol. The first-order valence-electron chi connectivity index (χ1n) is 6.60. The molecule has 2 fully saturated rings. The Morgan fingerprint density at radius 1 is 1.44 bits per heavy atom. The molecule has 0 saturated heterocycles. The first kappa shape index (κ1) is 12.4. The van der Waals surface area contributed by atoms with Crippen molar-refractivity contribution in [2.75, 3.05) is 6.61 Å². The molecular weight excluding hydrogens is 294 g/mol. The number of aliphatic hydroxyl groups excluding tert-OH is 1. The van der Waals surface area contributed by atoms with Gasteiger partial charge in [-0.15, -0.1) is 0 Å². The summed E-state index contributed by atoms with van der Waals surface area (Å²) in [5, 5.41) is 9.62. The van der Waals surface area contributed by atoms with E-state index in [2.05, 4.69) is 20.9 Å². The van der Waals surface area contributed by atoms with Crippen LogP contribution in [-0.2, 0) is 0 Å². The van der Waals surface area contributed by atoms with E-state index in [0.717, 1.165) is 30.3 Å². The molecule has 3 nitrogen and oxygen atoms in total. The van der Waals surface area contributed by atoms with E-state index in [-0.39, 0.29) is 6.10 Å². The zero-order chi connectivity index (χ0) is 12.6. The molecule has 98 valence electrons. The Morgan fingerprint density at radius 2 is 2.17 bits per heavy atom. The van der Waals surface area contributed by atoms with E-state index in [1.165, 1.54) is 12.8 Å². The lowest BCUT2D eigenvalue weighted by Gasteiger charge is -2.28. The summed E-state index contributed by atoms with van der Waals surface area (Å²) in [4.78, 5) is 4.18. The topological polar surface area (TPSA) is 42.4 Å². The fraction of sp³-hybridized carbons (Fsp3) is 0.643. The molecule has 4 heteroatoms. The lowest BCUT2D eigenvalue weighted by molar-refractivity contribution is 0.133. The molecular formula is C14H18BrNO2.